The molecule has 3 heterocycles. The topological polar surface area (TPSA) is 71.8 Å². The molecule has 7 nitrogen and oxygen atoms in total. The molecular weight excluding hydrogens is 290 g/mol. The molecule has 0 atom stereocenters. The zero-order chi connectivity index (χ0) is 15.8. The van der Waals surface area contributed by atoms with E-state index in [0.717, 1.165) is 28.4 Å². The van der Waals surface area contributed by atoms with Crippen LogP contribution in [0.1, 0.15) is 24.6 Å². The predicted molar refractivity (Wildman–Crippen MR) is 89.5 cm³/mol. The Hall–Kier alpha value is -2.70. The molecule has 0 bridgehead atoms. The summed E-state index contributed by atoms with van der Waals surface area (Å²) in [6, 6.07) is 4.55. The van der Waals surface area contributed by atoms with Gasteiger partial charge in [-0.1, -0.05) is 0 Å². The number of anilines is 2. The minimum Gasteiger partial charge on any atom is -0.376 e. The fourth-order valence-corrected chi connectivity index (χ4v) is 2.74. The summed E-state index contributed by atoms with van der Waals surface area (Å²) in [5, 5.41) is 3.36. The summed E-state index contributed by atoms with van der Waals surface area (Å²) in [4.78, 5) is 19.8. The third-order valence-corrected chi connectivity index (χ3v) is 4.07. The van der Waals surface area contributed by atoms with E-state index in [0.29, 0.717) is 12.6 Å². The van der Waals surface area contributed by atoms with E-state index < -0.39 is 0 Å². The fourth-order valence-electron chi connectivity index (χ4n) is 2.74. The lowest BCUT2D eigenvalue weighted by molar-refractivity contribution is 0.756. The Morgan fingerprint density at radius 2 is 2.09 bits per heavy atom. The first-order valence-electron chi connectivity index (χ1n) is 7.76. The first-order valence-corrected chi connectivity index (χ1v) is 7.76. The molecule has 1 fully saturated rings. The molecule has 1 aliphatic rings. The minimum atomic E-state index is 0.555. The number of hydrogen-bond acceptors (Lipinski definition) is 6. The van der Waals surface area contributed by atoms with Gasteiger partial charge >= 0.3 is 0 Å². The molecule has 0 aromatic carbocycles. The fraction of sp³-hybridized carbons (Fsp3) is 0.375. The maximum atomic E-state index is 4.49. The molecule has 118 valence electrons. The SMILES string of the molecule is CN(C)c1cccnc1CNc1ncnc2c1ncn2C1CC1. The highest BCUT2D eigenvalue weighted by atomic mass is 15.2. The van der Waals surface area contributed by atoms with E-state index >= 15 is 0 Å². The van der Waals surface area contributed by atoms with Gasteiger partial charge in [0.15, 0.2) is 11.5 Å². The largest absolute Gasteiger partial charge is 0.376 e. The smallest absolute Gasteiger partial charge is 0.165 e. The highest BCUT2D eigenvalue weighted by Gasteiger charge is 2.26. The van der Waals surface area contributed by atoms with Crippen LogP contribution in [0.3, 0.4) is 0 Å². The van der Waals surface area contributed by atoms with E-state index in [4.69, 9.17) is 0 Å². The Morgan fingerprint density at radius 3 is 2.87 bits per heavy atom. The van der Waals surface area contributed by atoms with Gasteiger partial charge in [-0.15, -0.1) is 0 Å². The summed E-state index contributed by atoms with van der Waals surface area (Å²) >= 11 is 0. The van der Waals surface area contributed by atoms with Crippen LogP contribution in [0.4, 0.5) is 11.5 Å². The highest BCUT2D eigenvalue weighted by molar-refractivity contribution is 5.82. The van der Waals surface area contributed by atoms with Crippen LogP contribution in [0.25, 0.3) is 11.2 Å². The van der Waals surface area contributed by atoms with E-state index in [2.05, 4.69) is 40.8 Å². The van der Waals surface area contributed by atoms with Crippen molar-refractivity contribution in [3.05, 3.63) is 36.7 Å². The van der Waals surface area contributed by atoms with Crippen molar-refractivity contribution in [2.45, 2.75) is 25.4 Å². The molecule has 3 aromatic rings. The molecule has 23 heavy (non-hydrogen) atoms. The second-order valence-corrected chi connectivity index (χ2v) is 5.99. The van der Waals surface area contributed by atoms with Gasteiger partial charge in [0.05, 0.1) is 24.3 Å². The maximum absolute atomic E-state index is 4.49. The van der Waals surface area contributed by atoms with Gasteiger partial charge in [-0.05, 0) is 25.0 Å². The number of pyridine rings is 1. The van der Waals surface area contributed by atoms with Gasteiger partial charge in [0.2, 0.25) is 0 Å². The van der Waals surface area contributed by atoms with Crippen molar-refractivity contribution >= 4 is 22.7 Å². The number of fused-ring (bicyclic) bond motifs is 1. The lowest BCUT2D eigenvalue weighted by Gasteiger charge is -2.16. The molecule has 1 saturated carbocycles. The lowest BCUT2D eigenvalue weighted by atomic mass is 10.2. The number of imidazole rings is 1. The maximum Gasteiger partial charge on any atom is 0.165 e. The number of aromatic nitrogens is 5. The first kappa shape index (κ1) is 13.9. The third-order valence-electron chi connectivity index (χ3n) is 4.07. The van der Waals surface area contributed by atoms with Crippen LogP contribution in [-0.2, 0) is 6.54 Å². The van der Waals surface area contributed by atoms with E-state index in [9.17, 15) is 0 Å². The summed E-state index contributed by atoms with van der Waals surface area (Å²) in [6.07, 6.45) is 7.68. The van der Waals surface area contributed by atoms with Crippen LogP contribution in [0.2, 0.25) is 0 Å². The number of rotatable bonds is 5. The van der Waals surface area contributed by atoms with Gasteiger partial charge in [-0.3, -0.25) is 4.98 Å². The Morgan fingerprint density at radius 1 is 1.22 bits per heavy atom. The Balaban J connectivity index is 1.61. The van der Waals surface area contributed by atoms with E-state index in [1.165, 1.54) is 12.8 Å². The Kier molecular flexibility index (Phi) is 3.33. The first-order chi connectivity index (χ1) is 11.2. The van der Waals surface area contributed by atoms with Crippen molar-refractivity contribution in [1.82, 2.24) is 24.5 Å². The van der Waals surface area contributed by atoms with Gasteiger partial charge in [0, 0.05) is 26.3 Å². The number of nitrogens with zero attached hydrogens (tertiary/aromatic N) is 6. The van der Waals surface area contributed by atoms with E-state index in [-0.39, 0.29) is 0 Å². The molecule has 7 heteroatoms. The van der Waals surface area contributed by atoms with E-state index in [1.807, 2.05) is 26.5 Å². The van der Waals surface area contributed by atoms with Crippen molar-refractivity contribution in [1.29, 1.82) is 0 Å². The van der Waals surface area contributed by atoms with Gasteiger partial charge in [-0.2, -0.15) is 0 Å². The average Bonchev–Trinajstić information content (AvgIpc) is 3.32. The second-order valence-electron chi connectivity index (χ2n) is 5.99. The molecule has 0 unspecified atom stereocenters. The quantitative estimate of drug-likeness (QED) is 0.779. The zero-order valence-corrected chi connectivity index (χ0v) is 13.3. The van der Waals surface area contributed by atoms with Gasteiger partial charge < -0.3 is 14.8 Å². The van der Waals surface area contributed by atoms with Crippen molar-refractivity contribution in [3.63, 3.8) is 0 Å². The second kappa shape index (κ2) is 5.49. The average molecular weight is 309 g/mol. The van der Waals surface area contributed by atoms with Crippen molar-refractivity contribution in [2.75, 3.05) is 24.3 Å². The molecule has 4 rings (SSSR count). The Labute approximate surface area is 134 Å². The molecule has 1 N–H and O–H groups in total. The summed E-state index contributed by atoms with van der Waals surface area (Å²) in [7, 11) is 4.03. The predicted octanol–water partition coefficient (Wildman–Crippen LogP) is 2.23. The summed E-state index contributed by atoms with van der Waals surface area (Å²) in [5.41, 5.74) is 3.79. The molecule has 3 aromatic heterocycles. The standard InChI is InChI=1S/C16H19N7/c1-22(2)13-4-3-7-17-12(13)8-18-15-14-16(20-9-19-15)23(10-21-14)11-5-6-11/h3-4,7,9-11H,5-6,8H2,1-2H3,(H,18,19,20). The van der Waals surface area contributed by atoms with Crippen molar-refractivity contribution in [2.24, 2.45) is 0 Å². The van der Waals surface area contributed by atoms with Crippen LogP contribution in [-0.4, -0.2) is 38.6 Å². The monoisotopic (exact) mass is 309 g/mol. The molecule has 0 saturated heterocycles. The molecule has 0 radical (unpaired) electrons. The summed E-state index contributed by atoms with van der Waals surface area (Å²) < 4.78 is 2.15. The third kappa shape index (κ3) is 2.58. The van der Waals surface area contributed by atoms with Crippen LogP contribution >= 0.6 is 0 Å². The van der Waals surface area contributed by atoms with E-state index in [1.54, 1.807) is 12.5 Å². The highest BCUT2D eigenvalue weighted by Crippen LogP contribution is 2.37. The molecule has 0 spiro atoms. The summed E-state index contributed by atoms with van der Waals surface area (Å²) in [5.74, 6) is 0.754. The van der Waals surface area contributed by atoms with Gasteiger partial charge in [-0.25, -0.2) is 15.0 Å². The molecule has 0 amide bonds. The van der Waals surface area contributed by atoms with Crippen LogP contribution in [0, 0.1) is 0 Å². The number of hydrogen-bond donors (Lipinski definition) is 1. The molecule has 0 aliphatic heterocycles. The van der Waals surface area contributed by atoms with Crippen LogP contribution < -0.4 is 10.2 Å². The zero-order valence-electron chi connectivity index (χ0n) is 13.3. The van der Waals surface area contributed by atoms with Crippen LogP contribution in [0.5, 0.6) is 0 Å². The van der Waals surface area contributed by atoms with Gasteiger partial charge in [0.1, 0.15) is 11.8 Å². The minimum absolute atomic E-state index is 0.555. The summed E-state index contributed by atoms with van der Waals surface area (Å²) in [6.45, 7) is 0.594. The van der Waals surface area contributed by atoms with Crippen molar-refractivity contribution in [3.8, 4) is 0 Å². The van der Waals surface area contributed by atoms with Crippen molar-refractivity contribution < 1.29 is 0 Å². The normalized spacial score (nSPS) is 14.2. The molecule has 1 aliphatic carbocycles. The number of nitrogens with one attached hydrogen (secondary N) is 1. The lowest BCUT2D eigenvalue weighted by Crippen LogP contribution is -2.14. The van der Waals surface area contributed by atoms with Crippen LogP contribution in [0.15, 0.2) is 31.0 Å². The molecular formula is C16H19N7. The van der Waals surface area contributed by atoms with Gasteiger partial charge in [0.25, 0.3) is 0 Å². The Bertz CT molecular complexity index is 835.